The lowest BCUT2D eigenvalue weighted by molar-refractivity contribution is -0.139. The second-order valence-electron chi connectivity index (χ2n) is 8.73. The number of benzene rings is 3. The van der Waals surface area contributed by atoms with Crippen LogP contribution in [0.1, 0.15) is 39.4 Å². The molecule has 2 aliphatic rings. The van der Waals surface area contributed by atoms with Crippen LogP contribution < -0.4 is 24.3 Å². The minimum atomic E-state index is -4.61. The number of ether oxygens (including phenoxy) is 4. The third kappa shape index (κ3) is 4.73. The van der Waals surface area contributed by atoms with Crippen molar-refractivity contribution in [3.8, 4) is 23.0 Å². The van der Waals surface area contributed by atoms with Gasteiger partial charge in [0, 0.05) is 6.54 Å². The Balaban J connectivity index is 1.52. The molecule has 0 amide bonds. The molecule has 0 radical (unpaired) electrons. The molecule has 2 aliphatic heterocycles. The van der Waals surface area contributed by atoms with Crippen LogP contribution in [0.2, 0.25) is 0 Å². The van der Waals surface area contributed by atoms with Crippen LogP contribution in [0.3, 0.4) is 0 Å². The van der Waals surface area contributed by atoms with Crippen molar-refractivity contribution in [3.05, 3.63) is 88.0 Å². The predicted octanol–water partition coefficient (Wildman–Crippen LogP) is 6.23. The second kappa shape index (κ2) is 9.78. The lowest BCUT2D eigenvalue weighted by Crippen LogP contribution is -2.31. The van der Waals surface area contributed by atoms with Crippen LogP contribution in [-0.2, 0) is 19.2 Å². The van der Waals surface area contributed by atoms with Crippen molar-refractivity contribution < 1.29 is 32.1 Å². The number of halogens is 3. The van der Waals surface area contributed by atoms with E-state index in [-0.39, 0.29) is 36.9 Å². The number of alkyl halides is 3. The fraction of sp³-hybridized carbons (Fsp3) is 0.286. The van der Waals surface area contributed by atoms with E-state index in [9.17, 15) is 13.2 Å². The van der Waals surface area contributed by atoms with Crippen LogP contribution in [0.5, 0.6) is 23.0 Å². The summed E-state index contributed by atoms with van der Waals surface area (Å²) in [6.45, 7) is 2.53. The Labute approximate surface area is 207 Å². The van der Waals surface area contributed by atoms with Gasteiger partial charge in [0.25, 0.3) is 0 Å². The van der Waals surface area contributed by atoms with Crippen molar-refractivity contribution in [1.29, 1.82) is 0 Å². The van der Waals surface area contributed by atoms with Crippen LogP contribution >= 0.6 is 0 Å². The minimum absolute atomic E-state index is 0.00401. The molecule has 0 saturated carbocycles. The average Bonchev–Trinajstić information content (AvgIpc) is 3.32. The Morgan fingerprint density at radius 1 is 1.08 bits per heavy atom. The summed E-state index contributed by atoms with van der Waals surface area (Å²) in [7, 11) is 1.36. The van der Waals surface area contributed by atoms with E-state index >= 15 is 0 Å². The van der Waals surface area contributed by atoms with E-state index < -0.39 is 17.8 Å². The molecule has 1 N–H and O–H groups in total. The predicted molar refractivity (Wildman–Crippen MR) is 130 cm³/mol. The number of fused-ring (bicyclic) bond motifs is 2. The van der Waals surface area contributed by atoms with E-state index in [2.05, 4.69) is 5.32 Å². The molecule has 3 aromatic rings. The first-order chi connectivity index (χ1) is 17.3. The van der Waals surface area contributed by atoms with Crippen molar-refractivity contribution in [3.63, 3.8) is 0 Å². The maximum absolute atomic E-state index is 14.4. The highest BCUT2D eigenvalue weighted by atomic mass is 19.4. The highest BCUT2D eigenvalue weighted by Crippen LogP contribution is 2.48. The molecule has 1 atom stereocenters. The first kappa shape index (κ1) is 24.1. The normalized spacial score (nSPS) is 16.8. The minimum Gasteiger partial charge on any atom is -0.493 e. The van der Waals surface area contributed by atoms with Gasteiger partial charge in [-0.1, -0.05) is 42.5 Å². The second-order valence-corrected chi connectivity index (χ2v) is 8.73. The molecular weight excluding hydrogens is 471 g/mol. The number of nitrogens with one attached hydrogen (secondary N) is 1. The molecule has 0 fully saturated rings. The van der Waals surface area contributed by atoms with Crippen LogP contribution in [0.15, 0.2) is 54.6 Å². The number of hydrogen-bond donors (Lipinski definition) is 1. The Morgan fingerprint density at radius 2 is 1.83 bits per heavy atom. The van der Waals surface area contributed by atoms with E-state index in [1.54, 1.807) is 18.2 Å². The van der Waals surface area contributed by atoms with Gasteiger partial charge in [-0.25, -0.2) is 0 Å². The van der Waals surface area contributed by atoms with Crippen LogP contribution in [0.4, 0.5) is 13.2 Å². The Hall–Kier alpha value is -3.65. The van der Waals surface area contributed by atoms with Gasteiger partial charge in [0.2, 0.25) is 6.79 Å². The number of methoxy groups -OCH3 is 1. The summed E-state index contributed by atoms with van der Waals surface area (Å²) >= 11 is 0. The lowest BCUT2D eigenvalue weighted by Gasteiger charge is -2.30. The fourth-order valence-electron chi connectivity index (χ4n) is 4.64. The summed E-state index contributed by atoms with van der Waals surface area (Å²) in [5.74, 6) is 1.12. The van der Waals surface area contributed by atoms with E-state index in [4.69, 9.17) is 18.9 Å². The van der Waals surface area contributed by atoms with E-state index in [1.807, 2.05) is 49.4 Å². The zero-order valence-electron chi connectivity index (χ0n) is 19.9. The number of rotatable bonds is 6. The van der Waals surface area contributed by atoms with Gasteiger partial charge in [-0.2, -0.15) is 13.2 Å². The van der Waals surface area contributed by atoms with Gasteiger partial charge in [0.15, 0.2) is 23.0 Å². The monoisotopic (exact) mass is 497 g/mol. The van der Waals surface area contributed by atoms with Crippen molar-refractivity contribution >= 4 is 6.08 Å². The summed E-state index contributed by atoms with van der Waals surface area (Å²) in [5, 5.41) is 3.32. The molecule has 8 heteroatoms. The summed E-state index contributed by atoms with van der Waals surface area (Å²) in [6, 6.07) is 14.1. The molecule has 0 aliphatic carbocycles. The van der Waals surface area contributed by atoms with Gasteiger partial charge in [0.1, 0.15) is 12.2 Å². The standard InChI is InChI=1S/C28H26F3NO4/c1-17-12-23-24(36-16-35-23)13-19(17)8-9-22-21-14-25(33-2)27(34-15-18-6-4-3-5-7-18)26(28(29,30)31)20(21)10-11-32-22/h3-9,12-14,22,32H,10-11,15-16H2,1-2H3/b9-8+. The van der Waals surface area contributed by atoms with Gasteiger partial charge >= 0.3 is 6.18 Å². The zero-order chi connectivity index (χ0) is 25.3. The van der Waals surface area contributed by atoms with Crippen molar-refractivity contribution in [1.82, 2.24) is 5.32 Å². The molecular formula is C28H26F3NO4. The number of hydrogen-bond acceptors (Lipinski definition) is 5. The maximum atomic E-state index is 14.4. The summed E-state index contributed by atoms with van der Waals surface area (Å²) in [6.07, 6.45) is -0.621. The van der Waals surface area contributed by atoms with Gasteiger partial charge < -0.3 is 24.3 Å². The van der Waals surface area contributed by atoms with Gasteiger partial charge in [-0.3, -0.25) is 0 Å². The van der Waals surface area contributed by atoms with Gasteiger partial charge in [-0.05, 0) is 59.4 Å². The lowest BCUT2D eigenvalue weighted by atomic mass is 9.88. The third-order valence-corrected chi connectivity index (χ3v) is 6.42. The SMILES string of the molecule is COc1cc2c(c(C(F)(F)F)c1OCc1ccccc1)CCNC2/C=C/c1cc2c(cc1C)OCO2. The molecule has 5 nitrogen and oxygen atoms in total. The first-order valence-electron chi connectivity index (χ1n) is 11.6. The van der Waals surface area contributed by atoms with Gasteiger partial charge in [0.05, 0.1) is 13.2 Å². The van der Waals surface area contributed by atoms with Crippen molar-refractivity contribution in [2.45, 2.75) is 32.2 Å². The molecule has 1 unspecified atom stereocenters. The van der Waals surface area contributed by atoms with Crippen LogP contribution in [0, 0.1) is 6.92 Å². The smallest absolute Gasteiger partial charge is 0.420 e. The topological polar surface area (TPSA) is 49.0 Å². The van der Waals surface area contributed by atoms with Crippen molar-refractivity contribution in [2.75, 3.05) is 20.4 Å². The molecule has 0 aromatic heterocycles. The molecule has 0 spiro atoms. The number of aryl methyl sites for hydroxylation is 1. The van der Waals surface area contributed by atoms with Gasteiger partial charge in [-0.15, -0.1) is 0 Å². The summed E-state index contributed by atoms with van der Waals surface area (Å²) in [4.78, 5) is 0. The zero-order valence-corrected chi connectivity index (χ0v) is 19.9. The highest BCUT2D eigenvalue weighted by Gasteiger charge is 2.41. The Kier molecular flexibility index (Phi) is 6.53. The fourth-order valence-corrected chi connectivity index (χ4v) is 4.64. The third-order valence-electron chi connectivity index (χ3n) is 6.42. The van der Waals surface area contributed by atoms with E-state index in [0.717, 1.165) is 16.7 Å². The van der Waals surface area contributed by atoms with E-state index in [0.29, 0.717) is 23.6 Å². The quantitative estimate of drug-likeness (QED) is 0.438. The maximum Gasteiger partial charge on any atom is 0.420 e. The average molecular weight is 498 g/mol. The molecule has 36 heavy (non-hydrogen) atoms. The molecule has 188 valence electrons. The Bertz CT molecular complexity index is 1290. The van der Waals surface area contributed by atoms with Crippen LogP contribution in [0.25, 0.3) is 6.08 Å². The molecule has 5 rings (SSSR count). The molecule has 3 aromatic carbocycles. The largest absolute Gasteiger partial charge is 0.493 e. The summed E-state index contributed by atoms with van der Waals surface area (Å²) < 4.78 is 65.4. The van der Waals surface area contributed by atoms with E-state index in [1.165, 1.54) is 7.11 Å². The molecule has 2 heterocycles. The molecule has 0 saturated heterocycles. The molecule has 0 bridgehead atoms. The first-order valence-corrected chi connectivity index (χ1v) is 11.6. The Morgan fingerprint density at radius 3 is 2.56 bits per heavy atom. The van der Waals surface area contributed by atoms with Crippen LogP contribution in [-0.4, -0.2) is 20.4 Å². The summed E-state index contributed by atoms with van der Waals surface area (Å²) in [5.41, 5.74) is 2.62. The van der Waals surface area contributed by atoms with Crippen molar-refractivity contribution in [2.24, 2.45) is 0 Å². The highest BCUT2D eigenvalue weighted by molar-refractivity contribution is 5.63.